The van der Waals surface area contributed by atoms with Crippen molar-refractivity contribution >= 4 is 12.0 Å². The zero-order valence-electron chi connectivity index (χ0n) is 12.8. The molecule has 2 unspecified atom stereocenters. The van der Waals surface area contributed by atoms with Gasteiger partial charge < -0.3 is 20.2 Å². The van der Waals surface area contributed by atoms with Crippen molar-refractivity contribution in [2.24, 2.45) is 0 Å². The molecule has 0 saturated carbocycles. The SMILES string of the molecule is CCCCC(NC(=O)N1CCCC(N(C)C)C1)C(=O)O. The van der Waals surface area contributed by atoms with Crippen molar-refractivity contribution in [1.29, 1.82) is 0 Å². The molecule has 1 heterocycles. The van der Waals surface area contributed by atoms with Crippen LogP contribution in [0.2, 0.25) is 0 Å². The number of unbranched alkanes of at least 4 members (excludes halogenated alkanes) is 1. The van der Waals surface area contributed by atoms with E-state index < -0.39 is 12.0 Å². The van der Waals surface area contributed by atoms with Gasteiger partial charge in [-0.1, -0.05) is 19.8 Å². The molecular formula is C14H27N3O3. The lowest BCUT2D eigenvalue weighted by atomic mass is 10.1. The van der Waals surface area contributed by atoms with Crippen molar-refractivity contribution in [3.05, 3.63) is 0 Å². The summed E-state index contributed by atoms with van der Waals surface area (Å²) in [6.45, 7) is 3.38. The van der Waals surface area contributed by atoms with Crippen LogP contribution in [-0.2, 0) is 4.79 Å². The zero-order chi connectivity index (χ0) is 15.1. The van der Waals surface area contributed by atoms with Crippen molar-refractivity contribution in [3.63, 3.8) is 0 Å². The van der Waals surface area contributed by atoms with Crippen LogP contribution in [0.15, 0.2) is 0 Å². The molecular weight excluding hydrogens is 258 g/mol. The minimum atomic E-state index is -0.951. The van der Waals surface area contributed by atoms with Crippen molar-refractivity contribution in [2.75, 3.05) is 27.2 Å². The number of carbonyl (C=O) groups excluding carboxylic acids is 1. The maximum atomic E-state index is 12.2. The fourth-order valence-corrected chi connectivity index (χ4v) is 2.47. The van der Waals surface area contributed by atoms with Crippen molar-refractivity contribution in [3.8, 4) is 0 Å². The quantitative estimate of drug-likeness (QED) is 0.773. The normalized spacial score (nSPS) is 20.8. The van der Waals surface area contributed by atoms with Crippen LogP contribution in [0, 0.1) is 0 Å². The van der Waals surface area contributed by atoms with Gasteiger partial charge >= 0.3 is 12.0 Å². The first-order valence-electron chi connectivity index (χ1n) is 7.40. The van der Waals surface area contributed by atoms with Crippen molar-refractivity contribution < 1.29 is 14.7 Å². The van der Waals surface area contributed by atoms with E-state index in [4.69, 9.17) is 5.11 Å². The first-order valence-corrected chi connectivity index (χ1v) is 7.40. The second-order valence-corrected chi connectivity index (χ2v) is 5.69. The van der Waals surface area contributed by atoms with Crippen LogP contribution in [0.5, 0.6) is 0 Å². The summed E-state index contributed by atoms with van der Waals surface area (Å²) in [6.07, 6.45) is 4.25. The number of carbonyl (C=O) groups is 2. The van der Waals surface area contributed by atoms with Gasteiger partial charge in [0, 0.05) is 19.1 Å². The summed E-state index contributed by atoms with van der Waals surface area (Å²) in [7, 11) is 4.01. The molecule has 2 N–H and O–H groups in total. The lowest BCUT2D eigenvalue weighted by Gasteiger charge is -2.36. The minimum Gasteiger partial charge on any atom is -0.480 e. The minimum absolute atomic E-state index is 0.250. The van der Waals surface area contributed by atoms with E-state index in [0.29, 0.717) is 25.6 Å². The highest BCUT2D eigenvalue weighted by molar-refractivity contribution is 5.82. The summed E-state index contributed by atoms with van der Waals surface area (Å²) in [5, 5.41) is 11.8. The van der Waals surface area contributed by atoms with E-state index in [1.807, 2.05) is 21.0 Å². The van der Waals surface area contributed by atoms with Gasteiger partial charge in [0.25, 0.3) is 0 Å². The van der Waals surface area contributed by atoms with Crippen LogP contribution >= 0.6 is 0 Å². The lowest BCUT2D eigenvalue weighted by molar-refractivity contribution is -0.139. The average Bonchev–Trinajstić information content (AvgIpc) is 2.42. The number of piperidine rings is 1. The highest BCUT2D eigenvalue weighted by Crippen LogP contribution is 2.14. The molecule has 0 aliphatic carbocycles. The van der Waals surface area contributed by atoms with Crippen molar-refractivity contribution in [2.45, 2.75) is 51.1 Å². The summed E-state index contributed by atoms with van der Waals surface area (Å²) in [6, 6.07) is -0.671. The fourth-order valence-electron chi connectivity index (χ4n) is 2.47. The maximum Gasteiger partial charge on any atom is 0.326 e. The van der Waals surface area contributed by atoms with E-state index in [1.165, 1.54) is 0 Å². The second-order valence-electron chi connectivity index (χ2n) is 5.69. The van der Waals surface area contributed by atoms with Gasteiger partial charge in [0.2, 0.25) is 0 Å². The highest BCUT2D eigenvalue weighted by Gasteiger charge is 2.27. The Morgan fingerprint density at radius 3 is 2.70 bits per heavy atom. The van der Waals surface area contributed by atoms with E-state index >= 15 is 0 Å². The van der Waals surface area contributed by atoms with E-state index in [9.17, 15) is 9.59 Å². The monoisotopic (exact) mass is 285 g/mol. The van der Waals surface area contributed by atoms with Gasteiger partial charge in [-0.2, -0.15) is 0 Å². The molecule has 2 atom stereocenters. The number of carboxylic acid groups (broad SMARTS) is 1. The fraction of sp³-hybridized carbons (Fsp3) is 0.857. The van der Waals surface area contributed by atoms with Crippen LogP contribution < -0.4 is 5.32 Å². The molecule has 0 radical (unpaired) electrons. The molecule has 0 aromatic carbocycles. The molecule has 1 aliphatic heterocycles. The molecule has 20 heavy (non-hydrogen) atoms. The third-order valence-electron chi connectivity index (χ3n) is 3.86. The Morgan fingerprint density at radius 2 is 2.15 bits per heavy atom. The molecule has 1 aliphatic rings. The van der Waals surface area contributed by atoms with Crippen LogP contribution in [0.25, 0.3) is 0 Å². The Kier molecular flexibility index (Phi) is 6.78. The number of hydrogen-bond donors (Lipinski definition) is 2. The molecule has 0 bridgehead atoms. The smallest absolute Gasteiger partial charge is 0.326 e. The van der Waals surface area contributed by atoms with Crippen molar-refractivity contribution in [1.82, 2.24) is 15.1 Å². The van der Waals surface area contributed by atoms with Gasteiger partial charge in [-0.15, -0.1) is 0 Å². The second kappa shape index (κ2) is 8.09. The number of rotatable bonds is 6. The molecule has 1 saturated heterocycles. The van der Waals surface area contributed by atoms with E-state index in [2.05, 4.69) is 10.2 Å². The van der Waals surface area contributed by atoms with Gasteiger partial charge in [-0.3, -0.25) is 0 Å². The average molecular weight is 285 g/mol. The molecule has 116 valence electrons. The van der Waals surface area contributed by atoms with E-state index in [0.717, 1.165) is 25.7 Å². The number of likely N-dealkylation sites (tertiary alicyclic amines) is 1. The van der Waals surface area contributed by atoms with Crippen LogP contribution in [0.3, 0.4) is 0 Å². The van der Waals surface area contributed by atoms with Crippen LogP contribution in [0.4, 0.5) is 4.79 Å². The standard InChI is InChI=1S/C14H27N3O3/c1-4-5-8-12(13(18)19)15-14(20)17-9-6-7-11(10-17)16(2)3/h11-12H,4-10H2,1-3H3,(H,15,20)(H,18,19). The van der Waals surface area contributed by atoms with Gasteiger partial charge in [-0.05, 0) is 33.4 Å². The Labute approximate surface area is 121 Å². The van der Waals surface area contributed by atoms with Crippen LogP contribution in [-0.4, -0.2) is 66.2 Å². The largest absolute Gasteiger partial charge is 0.480 e. The molecule has 0 spiro atoms. The summed E-state index contributed by atoms with van der Waals surface area (Å²) in [4.78, 5) is 27.2. The van der Waals surface area contributed by atoms with Gasteiger partial charge in [-0.25, -0.2) is 9.59 Å². The van der Waals surface area contributed by atoms with Gasteiger partial charge in [0.05, 0.1) is 0 Å². The molecule has 1 fully saturated rings. The number of likely N-dealkylation sites (N-methyl/N-ethyl adjacent to an activating group) is 1. The number of urea groups is 1. The predicted octanol–water partition coefficient (Wildman–Crippen LogP) is 1.37. The van der Waals surface area contributed by atoms with E-state index in [-0.39, 0.29) is 6.03 Å². The molecule has 6 heteroatoms. The lowest BCUT2D eigenvalue weighted by Crippen LogP contribution is -2.53. The van der Waals surface area contributed by atoms with Gasteiger partial charge in [0.1, 0.15) is 6.04 Å². The predicted molar refractivity (Wildman–Crippen MR) is 77.8 cm³/mol. The third kappa shape index (κ3) is 5.00. The maximum absolute atomic E-state index is 12.2. The summed E-state index contributed by atoms with van der Waals surface area (Å²) < 4.78 is 0. The first kappa shape index (κ1) is 16.8. The number of aliphatic carboxylic acids is 1. The Balaban J connectivity index is 2.53. The molecule has 1 rings (SSSR count). The van der Waals surface area contributed by atoms with E-state index in [1.54, 1.807) is 4.90 Å². The molecule has 6 nitrogen and oxygen atoms in total. The topological polar surface area (TPSA) is 72.9 Å². The highest BCUT2D eigenvalue weighted by atomic mass is 16.4. The molecule has 0 aromatic rings. The summed E-state index contributed by atoms with van der Waals surface area (Å²) in [5.41, 5.74) is 0. The number of hydrogen-bond acceptors (Lipinski definition) is 3. The first-order chi connectivity index (χ1) is 9.45. The summed E-state index contributed by atoms with van der Waals surface area (Å²) >= 11 is 0. The Morgan fingerprint density at radius 1 is 1.45 bits per heavy atom. The van der Waals surface area contributed by atoms with Gasteiger partial charge in [0.15, 0.2) is 0 Å². The number of nitrogens with one attached hydrogen (secondary N) is 1. The summed E-state index contributed by atoms with van der Waals surface area (Å²) in [5.74, 6) is -0.951. The third-order valence-corrected chi connectivity index (χ3v) is 3.86. The molecule has 2 amide bonds. The Hall–Kier alpha value is -1.30. The number of nitrogens with zero attached hydrogens (tertiary/aromatic N) is 2. The molecule has 0 aromatic heterocycles. The number of amides is 2. The number of carboxylic acids is 1. The van der Waals surface area contributed by atoms with Crippen LogP contribution in [0.1, 0.15) is 39.0 Å². The Bertz CT molecular complexity index is 334. The zero-order valence-corrected chi connectivity index (χ0v) is 12.8.